The third kappa shape index (κ3) is 5.72. The third-order valence-corrected chi connectivity index (χ3v) is 3.15. The minimum Gasteiger partial charge on any atom is -0.258 e. The first kappa shape index (κ1) is 18.6. The van der Waals surface area contributed by atoms with Gasteiger partial charge in [0.05, 0.1) is 22.3 Å². The molecule has 0 atom stereocenters. The average Bonchev–Trinajstić information content (AvgIpc) is 2.62. The molecular formula is C15H12N6O4S. The molecule has 10 nitrogen and oxygen atoms in total. The van der Waals surface area contributed by atoms with E-state index in [0.29, 0.717) is 11.1 Å². The molecule has 0 saturated heterocycles. The molecule has 2 aromatic carbocycles. The van der Waals surface area contributed by atoms with Crippen molar-refractivity contribution in [2.75, 3.05) is 0 Å². The molecule has 0 saturated carbocycles. The molecule has 0 heterocycles. The maximum atomic E-state index is 10.6. The minimum atomic E-state index is -0.485. The molecule has 0 aromatic heterocycles. The van der Waals surface area contributed by atoms with E-state index in [-0.39, 0.29) is 16.5 Å². The zero-order valence-corrected chi connectivity index (χ0v) is 13.9. The molecule has 2 rings (SSSR count). The summed E-state index contributed by atoms with van der Waals surface area (Å²) >= 11 is 4.97. The van der Waals surface area contributed by atoms with Crippen molar-refractivity contribution in [2.45, 2.75) is 0 Å². The number of hydrogen-bond acceptors (Lipinski definition) is 7. The Bertz CT molecular complexity index is 793. The molecule has 0 radical (unpaired) electrons. The summed E-state index contributed by atoms with van der Waals surface area (Å²) in [6.07, 6.45) is 2.88. The van der Waals surface area contributed by atoms with Gasteiger partial charge in [-0.1, -0.05) is 0 Å². The molecule has 0 aliphatic carbocycles. The largest absolute Gasteiger partial charge is 0.269 e. The van der Waals surface area contributed by atoms with E-state index in [1.807, 2.05) is 0 Å². The van der Waals surface area contributed by atoms with Crippen molar-refractivity contribution >= 4 is 41.1 Å². The number of hydrogen-bond donors (Lipinski definition) is 2. The summed E-state index contributed by atoms with van der Waals surface area (Å²) in [4.78, 5) is 20.1. The van der Waals surface area contributed by atoms with Crippen LogP contribution in [0, 0.1) is 20.2 Å². The van der Waals surface area contributed by atoms with Crippen molar-refractivity contribution in [2.24, 2.45) is 10.2 Å². The second-order valence-corrected chi connectivity index (χ2v) is 5.17. The van der Waals surface area contributed by atoms with E-state index in [9.17, 15) is 20.2 Å². The fraction of sp³-hybridized carbons (Fsp3) is 0. The topological polar surface area (TPSA) is 135 Å². The van der Waals surface area contributed by atoms with Crippen molar-refractivity contribution in [1.29, 1.82) is 0 Å². The van der Waals surface area contributed by atoms with Crippen LogP contribution in [-0.2, 0) is 0 Å². The Morgan fingerprint density at radius 2 is 1.15 bits per heavy atom. The van der Waals surface area contributed by atoms with Crippen LogP contribution in [0.1, 0.15) is 11.1 Å². The maximum absolute atomic E-state index is 10.6. The number of nitro groups is 2. The van der Waals surface area contributed by atoms with Crippen LogP contribution in [-0.4, -0.2) is 27.4 Å². The summed E-state index contributed by atoms with van der Waals surface area (Å²) in [5.41, 5.74) is 6.36. The number of nitrogens with one attached hydrogen (secondary N) is 2. The molecule has 0 spiro atoms. The van der Waals surface area contributed by atoms with Crippen LogP contribution >= 0.6 is 12.2 Å². The molecule has 0 aliphatic rings. The van der Waals surface area contributed by atoms with Crippen LogP contribution in [0.15, 0.2) is 58.7 Å². The number of hydrazone groups is 2. The summed E-state index contributed by atoms with van der Waals surface area (Å²) in [5.74, 6) is 0. The summed E-state index contributed by atoms with van der Waals surface area (Å²) in [5, 5.41) is 29.0. The zero-order chi connectivity index (χ0) is 18.9. The molecule has 11 heteroatoms. The van der Waals surface area contributed by atoms with Crippen molar-refractivity contribution in [3.05, 3.63) is 79.9 Å². The highest BCUT2D eigenvalue weighted by atomic mass is 32.1. The lowest BCUT2D eigenvalue weighted by Gasteiger charge is -2.01. The van der Waals surface area contributed by atoms with Gasteiger partial charge in [0.25, 0.3) is 11.4 Å². The average molecular weight is 372 g/mol. The van der Waals surface area contributed by atoms with Crippen molar-refractivity contribution in [3.8, 4) is 0 Å². The Hall–Kier alpha value is -3.73. The van der Waals surface area contributed by atoms with Gasteiger partial charge >= 0.3 is 0 Å². The Morgan fingerprint density at radius 1 is 0.808 bits per heavy atom. The number of rotatable bonds is 6. The molecule has 0 fully saturated rings. The molecule has 0 bridgehead atoms. The highest BCUT2D eigenvalue weighted by Gasteiger charge is 2.03. The van der Waals surface area contributed by atoms with E-state index < -0.39 is 9.85 Å². The van der Waals surface area contributed by atoms with E-state index in [1.54, 1.807) is 24.3 Å². The molecule has 0 aliphatic heterocycles. The normalized spacial score (nSPS) is 10.8. The van der Waals surface area contributed by atoms with Crippen LogP contribution in [0.3, 0.4) is 0 Å². The standard InChI is InChI=1S/C15H12N6O4S/c22-20(23)13-5-1-11(2-6-13)9-16-18-15(26)19-17-10-12-3-7-14(8-4-12)21(24)25/h1-10H,(H2,18,19,26)/b16-9+,17-10+. The predicted octanol–water partition coefficient (Wildman–Crippen LogP) is 2.34. The van der Waals surface area contributed by atoms with Gasteiger partial charge in [0.1, 0.15) is 0 Å². The number of benzene rings is 2. The quantitative estimate of drug-likeness (QED) is 0.344. The Kier molecular flexibility index (Phi) is 6.40. The van der Waals surface area contributed by atoms with Crippen molar-refractivity contribution < 1.29 is 9.85 Å². The number of nitro benzene ring substituents is 2. The van der Waals surface area contributed by atoms with Gasteiger partial charge in [0, 0.05) is 24.3 Å². The van der Waals surface area contributed by atoms with Crippen molar-refractivity contribution in [3.63, 3.8) is 0 Å². The van der Waals surface area contributed by atoms with E-state index in [2.05, 4.69) is 21.1 Å². The predicted molar refractivity (Wildman–Crippen MR) is 100 cm³/mol. The van der Waals surface area contributed by atoms with Crippen LogP contribution < -0.4 is 10.9 Å². The first-order valence-corrected chi connectivity index (χ1v) is 7.47. The van der Waals surface area contributed by atoms with Crippen LogP contribution in [0.2, 0.25) is 0 Å². The molecule has 0 amide bonds. The first-order chi connectivity index (χ1) is 12.5. The summed E-state index contributed by atoms with van der Waals surface area (Å²) in [7, 11) is 0. The molecule has 2 N–H and O–H groups in total. The summed E-state index contributed by atoms with van der Waals surface area (Å²) < 4.78 is 0. The second kappa shape index (κ2) is 8.94. The second-order valence-electron chi connectivity index (χ2n) is 4.77. The fourth-order valence-electron chi connectivity index (χ4n) is 1.72. The molecule has 26 heavy (non-hydrogen) atoms. The fourth-order valence-corrected chi connectivity index (χ4v) is 1.83. The van der Waals surface area contributed by atoms with Crippen LogP contribution in [0.5, 0.6) is 0 Å². The number of thiocarbonyl (C=S) groups is 1. The van der Waals surface area contributed by atoms with Gasteiger partial charge < -0.3 is 0 Å². The van der Waals surface area contributed by atoms with Gasteiger partial charge in [0.2, 0.25) is 5.11 Å². The number of nitrogens with zero attached hydrogens (tertiary/aromatic N) is 4. The zero-order valence-electron chi connectivity index (χ0n) is 13.1. The summed E-state index contributed by atoms with van der Waals surface area (Å²) in [6, 6.07) is 11.7. The SMILES string of the molecule is O=[N+]([O-])c1ccc(/C=N/NC(=S)N/N=C/c2ccc([N+](=O)[O-])cc2)cc1. The lowest BCUT2D eigenvalue weighted by molar-refractivity contribution is -0.385. The van der Waals surface area contributed by atoms with Gasteiger partial charge in [-0.15, -0.1) is 0 Å². The molecule has 132 valence electrons. The highest BCUT2D eigenvalue weighted by Crippen LogP contribution is 2.11. The Balaban J connectivity index is 1.81. The lowest BCUT2D eigenvalue weighted by atomic mass is 10.2. The third-order valence-electron chi connectivity index (χ3n) is 2.97. The molecular weight excluding hydrogens is 360 g/mol. The Labute approximate surface area is 152 Å². The van der Waals surface area contributed by atoms with Gasteiger partial charge in [-0.05, 0) is 47.6 Å². The summed E-state index contributed by atoms with van der Waals surface area (Å²) in [6.45, 7) is 0. The van der Waals surface area contributed by atoms with E-state index in [0.717, 1.165) is 0 Å². The minimum absolute atomic E-state index is 0.00659. The van der Waals surface area contributed by atoms with Gasteiger partial charge in [-0.25, -0.2) is 0 Å². The smallest absolute Gasteiger partial charge is 0.258 e. The van der Waals surface area contributed by atoms with Crippen molar-refractivity contribution in [1.82, 2.24) is 10.9 Å². The highest BCUT2D eigenvalue weighted by molar-refractivity contribution is 7.80. The van der Waals surface area contributed by atoms with E-state index in [1.165, 1.54) is 36.7 Å². The van der Waals surface area contributed by atoms with Crippen LogP contribution in [0.25, 0.3) is 0 Å². The van der Waals surface area contributed by atoms with Gasteiger partial charge in [-0.3, -0.25) is 31.1 Å². The van der Waals surface area contributed by atoms with Crippen LogP contribution in [0.4, 0.5) is 11.4 Å². The number of non-ortho nitro benzene ring substituents is 2. The van der Waals surface area contributed by atoms with Gasteiger partial charge in [0.15, 0.2) is 0 Å². The lowest BCUT2D eigenvalue weighted by Crippen LogP contribution is -2.28. The Morgan fingerprint density at radius 3 is 1.46 bits per heavy atom. The monoisotopic (exact) mass is 372 g/mol. The molecule has 0 unspecified atom stereocenters. The van der Waals surface area contributed by atoms with E-state index >= 15 is 0 Å². The maximum Gasteiger partial charge on any atom is 0.269 e. The molecule has 2 aromatic rings. The van der Waals surface area contributed by atoms with E-state index in [4.69, 9.17) is 12.2 Å². The van der Waals surface area contributed by atoms with Gasteiger partial charge in [-0.2, -0.15) is 10.2 Å². The first-order valence-electron chi connectivity index (χ1n) is 7.07.